The van der Waals surface area contributed by atoms with Crippen LogP contribution >= 0.6 is 0 Å². The van der Waals surface area contributed by atoms with E-state index in [0.717, 1.165) is 12.8 Å². The van der Waals surface area contributed by atoms with Crippen LogP contribution in [0.4, 0.5) is 0 Å². The lowest BCUT2D eigenvalue weighted by molar-refractivity contribution is 0.459. The maximum Gasteiger partial charge on any atom is 0.243 e. The molecule has 1 fully saturated rings. The van der Waals surface area contributed by atoms with Crippen molar-refractivity contribution in [3.8, 4) is 0 Å². The largest absolute Gasteiger partial charge is 0.468 e. The molecule has 136 valence electrons. The van der Waals surface area contributed by atoms with Gasteiger partial charge in [-0.05, 0) is 56.2 Å². The normalized spacial score (nSPS) is 17.6. The van der Waals surface area contributed by atoms with Crippen molar-refractivity contribution in [3.05, 3.63) is 48.4 Å². The first-order valence-corrected chi connectivity index (χ1v) is 10.9. The highest BCUT2D eigenvalue weighted by molar-refractivity contribution is 7.89. The van der Waals surface area contributed by atoms with E-state index < -0.39 is 26.1 Å². The average molecular weight is 384 g/mol. The van der Waals surface area contributed by atoms with Crippen LogP contribution in [0.5, 0.6) is 0 Å². The average Bonchev–Trinajstić information content (AvgIpc) is 3.28. The molecule has 1 aliphatic heterocycles. The molecule has 0 bridgehead atoms. The molecule has 0 aliphatic carbocycles. The Bertz CT molecular complexity index is 913. The molecule has 0 unspecified atom stereocenters. The number of sulfonamides is 2. The molecule has 1 aliphatic rings. The van der Waals surface area contributed by atoms with Gasteiger partial charge in [0.15, 0.2) is 0 Å². The Morgan fingerprint density at radius 2 is 1.60 bits per heavy atom. The zero-order valence-corrected chi connectivity index (χ0v) is 15.4. The van der Waals surface area contributed by atoms with Crippen molar-refractivity contribution in [1.29, 1.82) is 0 Å². The van der Waals surface area contributed by atoms with E-state index in [1.807, 2.05) is 0 Å². The van der Waals surface area contributed by atoms with Crippen LogP contribution in [0.25, 0.3) is 0 Å². The third-order valence-electron chi connectivity index (χ3n) is 4.14. The van der Waals surface area contributed by atoms with E-state index in [4.69, 9.17) is 4.42 Å². The lowest BCUT2D eigenvalue weighted by Crippen LogP contribution is -2.28. The van der Waals surface area contributed by atoms with Gasteiger partial charge in [0.2, 0.25) is 20.0 Å². The van der Waals surface area contributed by atoms with Gasteiger partial charge in [0.1, 0.15) is 5.76 Å². The predicted molar refractivity (Wildman–Crippen MR) is 91.9 cm³/mol. The molecular weight excluding hydrogens is 364 g/mol. The molecular formula is C16H20N2O5S2. The van der Waals surface area contributed by atoms with Gasteiger partial charge in [0, 0.05) is 13.1 Å². The van der Waals surface area contributed by atoms with Gasteiger partial charge in [-0.3, -0.25) is 0 Å². The van der Waals surface area contributed by atoms with E-state index in [-0.39, 0.29) is 9.79 Å². The van der Waals surface area contributed by atoms with Crippen LogP contribution in [0, 0.1) is 0 Å². The minimum absolute atomic E-state index is 0.00581. The van der Waals surface area contributed by atoms with Crippen LogP contribution < -0.4 is 4.72 Å². The van der Waals surface area contributed by atoms with Crippen molar-refractivity contribution in [2.45, 2.75) is 35.6 Å². The van der Waals surface area contributed by atoms with E-state index >= 15 is 0 Å². The summed E-state index contributed by atoms with van der Waals surface area (Å²) in [5, 5.41) is 0. The Hall–Kier alpha value is -1.68. The molecule has 3 rings (SSSR count). The molecule has 0 saturated carbocycles. The number of benzene rings is 1. The van der Waals surface area contributed by atoms with Gasteiger partial charge in [-0.15, -0.1) is 0 Å². The lowest BCUT2D eigenvalue weighted by Gasteiger charge is -2.16. The molecule has 0 spiro atoms. The minimum atomic E-state index is -3.79. The van der Waals surface area contributed by atoms with Crippen molar-refractivity contribution in [1.82, 2.24) is 9.03 Å². The van der Waals surface area contributed by atoms with Crippen molar-refractivity contribution < 1.29 is 21.3 Å². The zero-order chi connectivity index (χ0) is 18.1. The van der Waals surface area contributed by atoms with Crippen LogP contribution in [0.3, 0.4) is 0 Å². The standard InChI is InChI=1S/C16H20N2O5S2/c1-13(16-5-4-12-23-16)17-24(19,20)14-6-8-15(9-7-14)25(21,22)18-10-2-3-11-18/h4-9,12-13,17H,2-3,10-11H2,1H3/t13-/m1/s1. The second-order valence-electron chi connectivity index (χ2n) is 5.94. The van der Waals surface area contributed by atoms with Crippen molar-refractivity contribution >= 4 is 20.0 Å². The Balaban J connectivity index is 1.79. The summed E-state index contributed by atoms with van der Waals surface area (Å²) in [5.74, 6) is 0.497. The van der Waals surface area contributed by atoms with Gasteiger partial charge >= 0.3 is 0 Å². The second-order valence-corrected chi connectivity index (χ2v) is 9.59. The number of furan rings is 1. The van der Waals surface area contributed by atoms with E-state index in [9.17, 15) is 16.8 Å². The lowest BCUT2D eigenvalue weighted by atomic mass is 10.3. The molecule has 0 radical (unpaired) electrons. The summed E-state index contributed by atoms with van der Waals surface area (Å²) < 4.78 is 59.0. The third-order valence-corrected chi connectivity index (χ3v) is 7.61. The number of hydrogen-bond donors (Lipinski definition) is 1. The molecule has 2 heterocycles. The van der Waals surface area contributed by atoms with E-state index in [1.165, 1.54) is 34.8 Å². The van der Waals surface area contributed by atoms with Gasteiger partial charge in [0.25, 0.3) is 0 Å². The molecule has 2 aromatic rings. The summed E-state index contributed by atoms with van der Waals surface area (Å²) in [6.45, 7) is 2.68. The Morgan fingerprint density at radius 1 is 1.00 bits per heavy atom. The Kier molecular flexibility index (Phi) is 5.01. The first kappa shape index (κ1) is 18.1. The van der Waals surface area contributed by atoms with E-state index in [2.05, 4.69) is 4.72 Å². The van der Waals surface area contributed by atoms with Crippen LogP contribution in [0.15, 0.2) is 56.9 Å². The number of nitrogens with zero attached hydrogens (tertiary/aromatic N) is 1. The predicted octanol–water partition coefficient (Wildman–Crippen LogP) is 2.10. The van der Waals surface area contributed by atoms with Crippen LogP contribution in [0.1, 0.15) is 31.6 Å². The highest BCUT2D eigenvalue weighted by atomic mass is 32.2. The van der Waals surface area contributed by atoms with Crippen LogP contribution in [-0.4, -0.2) is 34.2 Å². The summed E-state index contributed by atoms with van der Waals surface area (Å²) in [4.78, 5) is 0.110. The quantitative estimate of drug-likeness (QED) is 0.823. The topological polar surface area (TPSA) is 96.7 Å². The maximum absolute atomic E-state index is 12.5. The highest BCUT2D eigenvalue weighted by Crippen LogP contribution is 2.23. The molecule has 1 atom stereocenters. The smallest absolute Gasteiger partial charge is 0.243 e. The molecule has 1 aromatic heterocycles. The van der Waals surface area contributed by atoms with E-state index in [0.29, 0.717) is 18.8 Å². The van der Waals surface area contributed by atoms with Gasteiger partial charge in [-0.2, -0.15) is 4.31 Å². The number of hydrogen-bond acceptors (Lipinski definition) is 5. The minimum Gasteiger partial charge on any atom is -0.468 e. The van der Waals surface area contributed by atoms with Gasteiger partial charge < -0.3 is 4.42 Å². The van der Waals surface area contributed by atoms with Crippen molar-refractivity contribution in [3.63, 3.8) is 0 Å². The van der Waals surface area contributed by atoms with Gasteiger partial charge in [0.05, 0.1) is 22.1 Å². The van der Waals surface area contributed by atoms with Crippen molar-refractivity contribution in [2.75, 3.05) is 13.1 Å². The summed E-state index contributed by atoms with van der Waals surface area (Å²) in [5.41, 5.74) is 0. The molecule has 1 N–H and O–H groups in total. The van der Waals surface area contributed by atoms with Crippen LogP contribution in [0.2, 0.25) is 0 Å². The molecule has 1 aromatic carbocycles. The fourth-order valence-corrected chi connectivity index (χ4v) is 5.49. The first-order valence-electron chi connectivity index (χ1n) is 7.97. The molecule has 1 saturated heterocycles. The summed E-state index contributed by atoms with van der Waals surface area (Å²) in [7, 11) is -7.34. The molecule has 7 nitrogen and oxygen atoms in total. The molecule has 25 heavy (non-hydrogen) atoms. The monoisotopic (exact) mass is 384 g/mol. The number of nitrogens with one attached hydrogen (secondary N) is 1. The SMILES string of the molecule is C[C@@H](NS(=O)(=O)c1ccc(S(=O)(=O)N2CCCC2)cc1)c1ccco1. The second kappa shape index (κ2) is 6.91. The molecule has 9 heteroatoms. The molecule has 0 amide bonds. The summed E-state index contributed by atoms with van der Waals surface area (Å²) in [6, 6.07) is 8.10. The fourth-order valence-electron chi connectivity index (χ4n) is 2.76. The Labute approximate surface area is 147 Å². The van der Waals surface area contributed by atoms with Crippen LogP contribution in [-0.2, 0) is 20.0 Å². The van der Waals surface area contributed by atoms with Gasteiger partial charge in [-0.1, -0.05) is 0 Å². The summed E-state index contributed by atoms with van der Waals surface area (Å²) >= 11 is 0. The highest BCUT2D eigenvalue weighted by Gasteiger charge is 2.28. The van der Waals surface area contributed by atoms with Gasteiger partial charge in [-0.25, -0.2) is 21.6 Å². The fraction of sp³-hybridized carbons (Fsp3) is 0.375. The Morgan fingerprint density at radius 3 is 2.16 bits per heavy atom. The first-order chi connectivity index (χ1) is 11.8. The zero-order valence-electron chi connectivity index (χ0n) is 13.8. The summed E-state index contributed by atoms with van der Waals surface area (Å²) in [6.07, 6.45) is 3.17. The van der Waals surface area contributed by atoms with E-state index in [1.54, 1.807) is 19.1 Å². The maximum atomic E-state index is 12.5. The number of rotatable bonds is 6. The van der Waals surface area contributed by atoms with Crippen molar-refractivity contribution in [2.24, 2.45) is 0 Å². The third kappa shape index (κ3) is 3.79.